The van der Waals surface area contributed by atoms with Gasteiger partial charge >= 0.3 is 0 Å². The smallest absolute Gasteiger partial charge is 0.224 e. The molecule has 0 fully saturated rings. The standard InChI is InChI=1S/C24H30N4O4/c1-5-21(29)25-17-9-7-11-19(15(17)3)27-23(31)13-14-24(32)28-20-12-8-10-18(16(20)4)26-22(30)6-2/h7-12H,5-6,13-14H2,1-4H3,(H,25,29)(H,26,30)(H,27,31)(H,28,32). The number of rotatable bonds is 9. The normalized spacial score (nSPS) is 10.2. The first-order valence-corrected chi connectivity index (χ1v) is 10.6. The van der Waals surface area contributed by atoms with Gasteiger partial charge in [-0.15, -0.1) is 0 Å². The van der Waals surface area contributed by atoms with E-state index in [1.807, 2.05) is 0 Å². The Bertz CT molecular complexity index is 936. The van der Waals surface area contributed by atoms with Crippen LogP contribution in [0.5, 0.6) is 0 Å². The predicted molar refractivity (Wildman–Crippen MR) is 127 cm³/mol. The number of hydrogen-bond acceptors (Lipinski definition) is 4. The first-order valence-electron chi connectivity index (χ1n) is 10.6. The van der Waals surface area contributed by atoms with Crippen molar-refractivity contribution in [2.45, 2.75) is 53.4 Å². The highest BCUT2D eigenvalue weighted by Gasteiger charge is 2.13. The van der Waals surface area contributed by atoms with E-state index in [1.165, 1.54) is 0 Å². The molecule has 4 amide bonds. The van der Waals surface area contributed by atoms with E-state index in [9.17, 15) is 19.2 Å². The number of amides is 4. The third kappa shape index (κ3) is 6.94. The maximum absolute atomic E-state index is 12.4. The number of hydrogen-bond donors (Lipinski definition) is 4. The molecular weight excluding hydrogens is 408 g/mol. The average Bonchev–Trinajstić information content (AvgIpc) is 2.77. The Labute approximate surface area is 188 Å². The summed E-state index contributed by atoms with van der Waals surface area (Å²) in [6.07, 6.45) is 0.723. The molecule has 0 spiro atoms. The molecule has 0 radical (unpaired) electrons. The summed E-state index contributed by atoms with van der Waals surface area (Å²) in [5, 5.41) is 11.2. The Hall–Kier alpha value is -3.68. The minimum Gasteiger partial charge on any atom is -0.326 e. The van der Waals surface area contributed by atoms with Crippen LogP contribution in [-0.4, -0.2) is 23.6 Å². The molecule has 0 aliphatic rings. The van der Waals surface area contributed by atoms with E-state index in [4.69, 9.17) is 0 Å². The van der Waals surface area contributed by atoms with E-state index in [0.29, 0.717) is 35.6 Å². The van der Waals surface area contributed by atoms with Crippen molar-refractivity contribution in [3.8, 4) is 0 Å². The lowest BCUT2D eigenvalue weighted by atomic mass is 10.1. The van der Waals surface area contributed by atoms with Gasteiger partial charge in [0.2, 0.25) is 23.6 Å². The van der Waals surface area contributed by atoms with Crippen LogP contribution in [0, 0.1) is 13.8 Å². The molecular formula is C24H30N4O4. The molecule has 0 saturated heterocycles. The fourth-order valence-corrected chi connectivity index (χ4v) is 2.94. The summed E-state index contributed by atoms with van der Waals surface area (Å²) in [6, 6.07) is 10.5. The zero-order chi connectivity index (χ0) is 23.7. The van der Waals surface area contributed by atoms with Gasteiger partial charge in [0.1, 0.15) is 0 Å². The molecule has 2 rings (SSSR count). The van der Waals surface area contributed by atoms with Gasteiger partial charge in [-0.3, -0.25) is 19.2 Å². The third-order valence-electron chi connectivity index (χ3n) is 4.99. The summed E-state index contributed by atoms with van der Waals surface area (Å²) in [5.41, 5.74) is 3.93. The largest absolute Gasteiger partial charge is 0.326 e. The number of carbonyl (C=O) groups is 4. The highest BCUT2D eigenvalue weighted by atomic mass is 16.2. The second-order valence-electron chi connectivity index (χ2n) is 7.36. The number of benzene rings is 2. The fourth-order valence-electron chi connectivity index (χ4n) is 2.94. The maximum Gasteiger partial charge on any atom is 0.224 e. The van der Waals surface area contributed by atoms with Crippen LogP contribution in [0.15, 0.2) is 36.4 Å². The van der Waals surface area contributed by atoms with Crippen LogP contribution in [0.3, 0.4) is 0 Å². The summed E-state index contributed by atoms with van der Waals surface area (Å²) < 4.78 is 0. The van der Waals surface area contributed by atoms with Crippen molar-refractivity contribution >= 4 is 46.4 Å². The van der Waals surface area contributed by atoms with Crippen molar-refractivity contribution in [2.24, 2.45) is 0 Å². The molecule has 0 atom stereocenters. The van der Waals surface area contributed by atoms with Gasteiger partial charge in [-0.1, -0.05) is 26.0 Å². The van der Waals surface area contributed by atoms with Crippen LogP contribution in [0.1, 0.15) is 50.7 Å². The molecule has 4 N–H and O–H groups in total. The van der Waals surface area contributed by atoms with Crippen molar-refractivity contribution in [3.05, 3.63) is 47.5 Å². The Morgan fingerprint density at radius 2 is 0.844 bits per heavy atom. The highest BCUT2D eigenvalue weighted by Crippen LogP contribution is 2.25. The van der Waals surface area contributed by atoms with E-state index in [0.717, 1.165) is 11.1 Å². The first kappa shape index (κ1) is 24.6. The van der Waals surface area contributed by atoms with Crippen LogP contribution in [0.25, 0.3) is 0 Å². The van der Waals surface area contributed by atoms with Crippen LogP contribution < -0.4 is 21.3 Å². The van der Waals surface area contributed by atoms with Crippen LogP contribution in [-0.2, 0) is 19.2 Å². The van der Waals surface area contributed by atoms with Crippen molar-refractivity contribution in [1.82, 2.24) is 0 Å². The minimum atomic E-state index is -0.303. The molecule has 0 bridgehead atoms. The van der Waals surface area contributed by atoms with Gasteiger partial charge < -0.3 is 21.3 Å². The molecule has 8 heteroatoms. The number of nitrogens with one attached hydrogen (secondary N) is 4. The monoisotopic (exact) mass is 438 g/mol. The summed E-state index contributed by atoms with van der Waals surface area (Å²) in [6.45, 7) is 7.14. The average molecular weight is 439 g/mol. The van der Waals surface area contributed by atoms with Gasteiger partial charge in [-0.25, -0.2) is 0 Å². The van der Waals surface area contributed by atoms with Crippen LogP contribution >= 0.6 is 0 Å². The molecule has 0 heterocycles. The fraction of sp³-hybridized carbons (Fsp3) is 0.333. The number of anilines is 4. The van der Waals surface area contributed by atoms with Crippen molar-refractivity contribution in [1.29, 1.82) is 0 Å². The Balaban J connectivity index is 1.93. The molecule has 0 aliphatic carbocycles. The van der Waals surface area contributed by atoms with Crippen molar-refractivity contribution < 1.29 is 19.2 Å². The van der Waals surface area contributed by atoms with Crippen molar-refractivity contribution in [3.63, 3.8) is 0 Å². The van der Waals surface area contributed by atoms with E-state index in [2.05, 4.69) is 21.3 Å². The van der Waals surface area contributed by atoms with Gasteiger partial charge in [0.15, 0.2) is 0 Å². The summed E-state index contributed by atoms with van der Waals surface area (Å²) >= 11 is 0. The summed E-state index contributed by atoms with van der Waals surface area (Å²) in [7, 11) is 0. The zero-order valence-electron chi connectivity index (χ0n) is 18.9. The molecule has 2 aromatic rings. The predicted octanol–water partition coefficient (Wildman–Crippen LogP) is 4.36. The number of carbonyl (C=O) groups excluding carboxylic acids is 4. The van der Waals surface area contributed by atoms with Crippen LogP contribution in [0.2, 0.25) is 0 Å². The van der Waals surface area contributed by atoms with Gasteiger partial charge in [0, 0.05) is 48.4 Å². The topological polar surface area (TPSA) is 116 Å². The van der Waals surface area contributed by atoms with E-state index in [1.54, 1.807) is 64.1 Å². The van der Waals surface area contributed by atoms with Gasteiger partial charge in [-0.05, 0) is 49.2 Å². The lowest BCUT2D eigenvalue weighted by Crippen LogP contribution is -2.19. The Kier molecular flexibility index (Phi) is 8.95. The quantitative estimate of drug-likeness (QED) is 0.465. The lowest BCUT2D eigenvalue weighted by molar-refractivity contribution is -0.121. The molecule has 32 heavy (non-hydrogen) atoms. The molecule has 170 valence electrons. The SMILES string of the molecule is CCC(=O)Nc1cccc(NC(=O)CCC(=O)Nc2cccc(NC(=O)CC)c2C)c1C. The molecule has 0 aliphatic heterocycles. The highest BCUT2D eigenvalue weighted by molar-refractivity contribution is 5.99. The second kappa shape index (κ2) is 11.6. The third-order valence-corrected chi connectivity index (χ3v) is 4.99. The molecule has 8 nitrogen and oxygen atoms in total. The van der Waals surface area contributed by atoms with E-state index < -0.39 is 0 Å². The maximum atomic E-state index is 12.4. The molecule has 0 unspecified atom stereocenters. The molecule has 0 aromatic heterocycles. The Morgan fingerprint density at radius 3 is 1.12 bits per heavy atom. The lowest BCUT2D eigenvalue weighted by Gasteiger charge is -2.14. The van der Waals surface area contributed by atoms with E-state index in [-0.39, 0.29) is 36.5 Å². The van der Waals surface area contributed by atoms with Gasteiger partial charge in [-0.2, -0.15) is 0 Å². The first-order chi connectivity index (χ1) is 15.2. The summed E-state index contributed by atoms with van der Waals surface area (Å²) in [4.78, 5) is 48.0. The zero-order valence-corrected chi connectivity index (χ0v) is 18.9. The van der Waals surface area contributed by atoms with Gasteiger partial charge in [0.25, 0.3) is 0 Å². The van der Waals surface area contributed by atoms with Crippen LogP contribution in [0.4, 0.5) is 22.7 Å². The second-order valence-corrected chi connectivity index (χ2v) is 7.36. The molecule has 2 aromatic carbocycles. The summed E-state index contributed by atoms with van der Waals surface area (Å²) in [5.74, 6) is -0.824. The van der Waals surface area contributed by atoms with Gasteiger partial charge in [0.05, 0.1) is 0 Å². The van der Waals surface area contributed by atoms with Crippen molar-refractivity contribution in [2.75, 3.05) is 21.3 Å². The van der Waals surface area contributed by atoms with E-state index >= 15 is 0 Å². The Morgan fingerprint density at radius 1 is 0.562 bits per heavy atom. The minimum absolute atomic E-state index is 0.00211. The molecule has 0 saturated carbocycles.